The van der Waals surface area contributed by atoms with Gasteiger partial charge in [-0.15, -0.1) is 23.5 Å². The number of rotatable bonds is 6. The molecule has 0 fully saturated rings. The Balaban J connectivity index is 2.90. The van der Waals surface area contributed by atoms with E-state index in [1.807, 2.05) is 38.1 Å². The first-order chi connectivity index (χ1) is 7.70. The van der Waals surface area contributed by atoms with Crippen molar-refractivity contribution in [2.75, 3.05) is 11.5 Å². The number of thioether (sulfide) groups is 2. The Kier molecular flexibility index (Phi) is 6.28. The maximum atomic E-state index is 9.96. The molecule has 0 bridgehead atoms. The van der Waals surface area contributed by atoms with Crippen molar-refractivity contribution < 1.29 is 10.2 Å². The third-order valence-electron chi connectivity index (χ3n) is 2.18. The lowest BCUT2D eigenvalue weighted by atomic mass is 10.1. The fourth-order valence-electron chi connectivity index (χ4n) is 1.46. The lowest BCUT2D eigenvalue weighted by Gasteiger charge is -2.18. The van der Waals surface area contributed by atoms with E-state index >= 15 is 0 Å². The van der Waals surface area contributed by atoms with Gasteiger partial charge in [0.25, 0.3) is 0 Å². The smallest absolute Gasteiger partial charge is 0.125 e. The van der Waals surface area contributed by atoms with E-state index in [1.165, 1.54) is 23.5 Å². The summed E-state index contributed by atoms with van der Waals surface area (Å²) in [5.41, 5.74) is 0.548. The van der Waals surface area contributed by atoms with Gasteiger partial charge in [-0.2, -0.15) is 0 Å². The second-order valence-electron chi connectivity index (χ2n) is 3.24. The van der Waals surface area contributed by atoms with Crippen LogP contribution < -0.4 is 0 Å². The predicted molar refractivity (Wildman–Crippen MR) is 72.6 cm³/mol. The van der Waals surface area contributed by atoms with E-state index in [4.69, 9.17) is 0 Å². The molecule has 0 aliphatic rings. The fraction of sp³-hybridized carbons (Fsp3) is 0.500. The molecule has 1 rings (SSSR count). The molecule has 0 aliphatic heterocycles. The third-order valence-corrected chi connectivity index (χ3v) is 3.98. The molecule has 0 saturated heterocycles. The quantitative estimate of drug-likeness (QED) is 0.769. The zero-order valence-electron chi connectivity index (χ0n) is 9.59. The lowest BCUT2D eigenvalue weighted by molar-refractivity contribution is 0.248. The molecule has 4 heteroatoms. The summed E-state index contributed by atoms with van der Waals surface area (Å²) in [7, 11) is 0. The molecule has 16 heavy (non-hydrogen) atoms. The highest BCUT2D eigenvalue weighted by atomic mass is 32.2. The maximum absolute atomic E-state index is 9.96. The van der Waals surface area contributed by atoms with Gasteiger partial charge in [0.2, 0.25) is 0 Å². The molecule has 2 unspecified atom stereocenters. The van der Waals surface area contributed by atoms with Crippen LogP contribution in [0.25, 0.3) is 0 Å². The van der Waals surface area contributed by atoms with Crippen molar-refractivity contribution in [2.24, 2.45) is 0 Å². The minimum atomic E-state index is -0.548. The van der Waals surface area contributed by atoms with Crippen molar-refractivity contribution in [3.63, 3.8) is 0 Å². The van der Waals surface area contributed by atoms with Crippen LogP contribution >= 0.6 is 23.5 Å². The summed E-state index contributed by atoms with van der Waals surface area (Å²) in [5.74, 6) is 1.71. The maximum Gasteiger partial charge on any atom is 0.125 e. The second kappa shape index (κ2) is 7.22. The first-order valence-corrected chi connectivity index (χ1v) is 7.48. The van der Waals surface area contributed by atoms with Crippen molar-refractivity contribution in [1.29, 1.82) is 0 Å². The lowest BCUT2D eigenvalue weighted by Crippen LogP contribution is -2.02. The van der Waals surface area contributed by atoms with Crippen molar-refractivity contribution in [3.8, 4) is 0 Å². The van der Waals surface area contributed by atoms with Crippen molar-refractivity contribution in [2.45, 2.75) is 24.7 Å². The largest absolute Gasteiger partial charge is 0.378 e. The SMILES string of the molecule is CCSC(O)c1ccccc1C(O)SCC. The summed E-state index contributed by atoms with van der Waals surface area (Å²) in [6.45, 7) is 4.02. The van der Waals surface area contributed by atoms with E-state index in [9.17, 15) is 10.2 Å². The number of hydrogen-bond donors (Lipinski definition) is 2. The van der Waals surface area contributed by atoms with Gasteiger partial charge in [0.1, 0.15) is 10.9 Å². The first kappa shape index (κ1) is 13.9. The van der Waals surface area contributed by atoms with Crippen molar-refractivity contribution >= 4 is 23.5 Å². The first-order valence-electron chi connectivity index (χ1n) is 5.38. The highest BCUT2D eigenvalue weighted by molar-refractivity contribution is 7.99. The minimum Gasteiger partial charge on any atom is -0.378 e. The molecule has 0 heterocycles. The van der Waals surface area contributed by atoms with Crippen LogP contribution in [0.1, 0.15) is 35.8 Å². The molecule has 0 saturated carbocycles. The van der Waals surface area contributed by atoms with Crippen LogP contribution in [0.3, 0.4) is 0 Å². The predicted octanol–water partition coefficient (Wildman–Crippen LogP) is 3.17. The second-order valence-corrected chi connectivity index (χ2v) is 5.96. The molecule has 2 N–H and O–H groups in total. The van der Waals surface area contributed by atoms with Crippen LogP contribution in [-0.2, 0) is 0 Å². The number of aliphatic hydroxyl groups is 2. The standard InChI is InChI=1S/C12H18O2S2/c1-3-15-11(13)9-7-5-6-8-10(9)12(14)16-4-2/h5-8,11-14H,3-4H2,1-2H3. The molecule has 2 atom stereocenters. The van der Waals surface area contributed by atoms with E-state index < -0.39 is 10.9 Å². The Hall–Kier alpha value is -0.160. The minimum absolute atomic E-state index is 0.548. The summed E-state index contributed by atoms with van der Waals surface area (Å²) in [6.07, 6.45) is 0. The Morgan fingerprint density at radius 2 is 1.31 bits per heavy atom. The van der Waals surface area contributed by atoms with Gasteiger partial charge in [-0.05, 0) is 22.6 Å². The van der Waals surface area contributed by atoms with E-state index in [-0.39, 0.29) is 0 Å². The van der Waals surface area contributed by atoms with E-state index in [0.717, 1.165) is 22.6 Å². The Labute approximate surface area is 105 Å². The normalized spacial score (nSPS) is 14.8. The number of aliphatic hydroxyl groups excluding tert-OH is 2. The zero-order valence-corrected chi connectivity index (χ0v) is 11.2. The molecule has 1 aromatic carbocycles. The van der Waals surface area contributed by atoms with E-state index in [2.05, 4.69) is 0 Å². The average Bonchev–Trinajstić information content (AvgIpc) is 2.30. The Morgan fingerprint density at radius 1 is 0.938 bits per heavy atom. The summed E-state index contributed by atoms with van der Waals surface area (Å²) >= 11 is 2.94. The highest BCUT2D eigenvalue weighted by Crippen LogP contribution is 2.35. The zero-order chi connectivity index (χ0) is 12.0. The van der Waals surface area contributed by atoms with Crippen LogP contribution in [-0.4, -0.2) is 21.7 Å². The molecule has 0 aliphatic carbocycles. The molecule has 2 nitrogen and oxygen atoms in total. The molecule has 0 aromatic heterocycles. The highest BCUT2D eigenvalue weighted by Gasteiger charge is 2.16. The van der Waals surface area contributed by atoms with Gasteiger partial charge < -0.3 is 10.2 Å². The average molecular weight is 258 g/mol. The van der Waals surface area contributed by atoms with Crippen LogP contribution in [0.15, 0.2) is 24.3 Å². The van der Waals surface area contributed by atoms with Crippen LogP contribution in [0.2, 0.25) is 0 Å². The van der Waals surface area contributed by atoms with Gasteiger partial charge in [0, 0.05) is 0 Å². The van der Waals surface area contributed by atoms with Gasteiger partial charge in [-0.25, -0.2) is 0 Å². The molecule has 1 aromatic rings. The Bertz CT molecular complexity index is 287. The van der Waals surface area contributed by atoms with E-state index in [1.54, 1.807) is 0 Å². The van der Waals surface area contributed by atoms with Gasteiger partial charge in [-0.1, -0.05) is 38.1 Å². The van der Waals surface area contributed by atoms with Gasteiger partial charge in [0.15, 0.2) is 0 Å². The number of benzene rings is 1. The molecule has 0 amide bonds. The molecular weight excluding hydrogens is 240 g/mol. The third kappa shape index (κ3) is 3.70. The molecule has 0 radical (unpaired) electrons. The topological polar surface area (TPSA) is 40.5 Å². The summed E-state index contributed by atoms with van der Waals surface area (Å²) in [6, 6.07) is 7.54. The summed E-state index contributed by atoms with van der Waals surface area (Å²) in [5, 5.41) is 19.9. The molecule has 90 valence electrons. The summed E-state index contributed by atoms with van der Waals surface area (Å²) < 4.78 is 0. The van der Waals surface area contributed by atoms with Crippen molar-refractivity contribution in [3.05, 3.63) is 35.4 Å². The van der Waals surface area contributed by atoms with Crippen LogP contribution in [0, 0.1) is 0 Å². The fourth-order valence-corrected chi connectivity index (χ4v) is 2.88. The monoisotopic (exact) mass is 258 g/mol. The van der Waals surface area contributed by atoms with Gasteiger partial charge in [0.05, 0.1) is 0 Å². The number of hydrogen-bond acceptors (Lipinski definition) is 4. The van der Waals surface area contributed by atoms with E-state index in [0.29, 0.717) is 0 Å². The van der Waals surface area contributed by atoms with Crippen LogP contribution in [0.4, 0.5) is 0 Å². The molecule has 0 spiro atoms. The molecular formula is C12H18O2S2. The van der Waals surface area contributed by atoms with Crippen LogP contribution in [0.5, 0.6) is 0 Å². The van der Waals surface area contributed by atoms with Crippen molar-refractivity contribution in [1.82, 2.24) is 0 Å². The Morgan fingerprint density at radius 3 is 1.62 bits per heavy atom. The van der Waals surface area contributed by atoms with Gasteiger partial charge in [-0.3, -0.25) is 0 Å². The van der Waals surface area contributed by atoms with Gasteiger partial charge >= 0.3 is 0 Å². The summed E-state index contributed by atoms with van der Waals surface area (Å²) in [4.78, 5) is 0.